The SMILES string of the molecule is Cn1nc(-c2ccccc2Br)cc(N)c1=O. The Morgan fingerprint density at radius 1 is 1.38 bits per heavy atom. The summed E-state index contributed by atoms with van der Waals surface area (Å²) < 4.78 is 2.16. The Morgan fingerprint density at radius 3 is 2.69 bits per heavy atom. The van der Waals surface area contributed by atoms with Crippen molar-refractivity contribution in [1.82, 2.24) is 9.78 Å². The van der Waals surface area contributed by atoms with E-state index in [4.69, 9.17) is 5.73 Å². The molecule has 0 fully saturated rings. The van der Waals surface area contributed by atoms with Crippen molar-refractivity contribution in [3.63, 3.8) is 0 Å². The number of nitrogens with zero attached hydrogens (tertiary/aromatic N) is 2. The summed E-state index contributed by atoms with van der Waals surface area (Å²) in [5, 5.41) is 4.16. The van der Waals surface area contributed by atoms with Gasteiger partial charge < -0.3 is 5.73 Å². The molecule has 0 saturated heterocycles. The number of aryl methyl sites for hydroxylation is 1. The summed E-state index contributed by atoms with van der Waals surface area (Å²) in [6.45, 7) is 0. The van der Waals surface area contributed by atoms with Crippen LogP contribution >= 0.6 is 15.9 Å². The number of nitrogen functional groups attached to an aromatic ring is 1. The van der Waals surface area contributed by atoms with Crippen LogP contribution in [0.5, 0.6) is 0 Å². The number of halogens is 1. The first kappa shape index (κ1) is 10.9. The Kier molecular flexibility index (Phi) is 2.78. The largest absolute Gasteiger partial charge is 0.394 e. The van der Waals surface area contributed by atoms with E-state index < -0.39 is 0 Å². The van der Waals surface area contributed by atoms with Gasteiger partial charge in [-0.25, -0.2) is 4.68 Å². The highest BCUT2D eigenvalue weighted by molar-refractivity contribution is 9.10. The molecule has 0 spiro atoms. The average Bonchev–Trinajstić information content (AvgIpc) is 2.26. The van der Waals surface area contributed by atoms with Gasteiger partial charge in [0.25, 0.3) is 5.56 Å². The number of nitrogens with two attached hydrogens (primary N) is 1. The highest BCUT2D eigenvalue weighted by Crippen LogP contribution is 2.26. The van der Waals surface area contributed by atoms with Gasteiger partial charge in [-0.2, -0.15) is 5.10 Å². The first-order valence-corrected chi connectivity index (χ1v) is 5.47. The summed E-state index contributed by atoms with van der Waals surface area (Å²) in [7, 11) is 1.58. The quantitative estimate of drug-likeness (QED) is 0.866. The van der Waals surface area contributed by atoms with E-state index in [1.54, 1.807) is 13.1 Å². The molecule has 0 bridgehead atoms. The lowest BCUT2D eigenvalue weighted by Crippen LogP contribution is -2.22. The molecule has 0 unspecified atom stereocenters. The van der Waals surface area contributed by atoms with Crippen molar-refractivity contribution in [2.75, 3.05) is 5.73 Å². The van der Waals surface area contributed by atoms with Gasteiger partial charge in [0, 0.05) is 17.1 Å². The molecule has 16 heavy (non-hydrogen) atoms. The van der Waals surface area contributed by atoms with Gasteiger partial charge in [-0.1, -0.05) is 34.1 Å². The summed E-state index contributed by atoms with van der Waals surface area (Å²) in [6.07, 6.45) is 0. The van der Waals surface area contributed by atoms with Crippen LogP contribution in [-0.4, -0.2) is 9.78 Å². The minimum absolute atomic E-state index is 0.197. The smallest absolute Gasteiger partial charge is 0.289 e. The van der Waals surface area contributed by atoms with Crippen molar-refractivity contribution in [3.8, 4) is 11.3 Å². The van der Waals surface area contributed by atoms with E-state index in [1.807, 2.05) is 24.3 Å². The summed E-state index contributed by atoms with van der Waals surface area (Å²) in [5.74, 6) is 0. The van der Waals surface area contributed by atoms with Crippen LogP contribution in [0.3, 0.4) is 0 Å². The molecule has 1 aromatic carbocycles. The van der Waals surface area contributed by atoms with Crippen LogP contribution in [0.25, 0.3) is 11.3 Å². The van der Waals surface area contributed by atoms with E-state index in [0.717, 1.165) is 10.0 Å². The Hall–Kier alpha value is -1.62. The van der Waals surface area contributed by atoms with Gasteiger partial charge in [0.2, 0.25) is 0 Å². The van der Waals surface area contributed by atoms with Gasteiger partial charge >= 0.3 is 0 Å². The highest BCUT2D eigenvalue weighted by Gasteiger charge is 2.07. The predicted octanol–water partition coefficient (Wildman–Crippen LogP) is 1.79. The molecule has 0 aliphatic heterocycles. The van der Waals surface area contributed by atoms with Crippen molar-refractivity contribution < 1.29 is 0 Å². The second kappa shape index (κ2) is 4.09. The van der Waals surface area contributed by atoms with Gasteiger partial charge in [-0.05, 0) is 12.1 Å². The van der Waals surface area contributed by atoms with E-state index in [1.165, 1.54) is 4.68 Å². The molecule has 0 atom stereocenters. The maximum absolute atomic E-state index is 11.4. The Morgan fingerprint density at radius 2 is 2.06 bits per heavy atom. The molecule has 82 valence electrons. The lowest BCUT2D eigenvalue weighted by Gasteiger charge is -2.06. The van der Waals surface area contributed by atoms with Gasteiger partial charge in [0.05, 0.1) is 5.69 Å². The summed E-state index contributed by atoms with van der Waals surface area (Å²) in [6, 6.07) is 9.24. The third-order valence-corrected chi connectivity index (χ3v) is 2.93. The fourth-order valence-corrected chi connectivity index (χ4v) is 1.92. The van der Waals surface area contributed by atoms with Crippen molar-refractivity contribution in [2.45, 2.75) is 0 Å². The van der Waals surface area contributed by atoms with E-state index in [0.29, 0.717) is 5.69 Å². The molecule has 1 aromatic heterocycles. The highest BCUT2D eigenvalue weighted by atomic mass is 79.9. The number of aromatic nitrogens is 2. The van der Waals surface area contributed by atoms with E-state index in [-0.39, 0.29) is 11.2 Å². The molecule has 0 aliphatic carbocycles. The van der Waals surface area contributed by atoms with E-state index in [9.17, 15) is 4.79 Å². The molecule has 0 radical (unpaired) electrons. The maximum atomic E-state index is 11.4. The van der Waals surface area contributed by atoms with E-state index >= 15 is 0 Å². The Balaban J connectivity index is 2.67. The number of hydrogen-bond acceptors (Lipinski definition) is 3. The Bertz CT molecular complexity index is 566. The second-order valence-electron chi connectivity index (χ2n) is 3.39. The summed E-state index contributed by atoms with van der Waals surface area (Å²) in [5.41, 5.74) is 7.12. The molecular formula is C11H10BrN3O. The van der Waals surface area contributed by atoms with Crippen molar-refractivity contribution >= 4 is 21.6 Å². The molecule has 5 heteroatoms. The number of anilines is 1. The zero-order chi connectivity index (χ0) is 11.7. The molecule has 2 N–H and O–H groups in total. The molecule has 2 aromatic rings. The number of benzene rings is 1. The minimum Gasteiger partial charge on any atom is -0.394 e. The van der Waals surface area contributed by atoms with Crippen LogP contribution in [0.2, 0.25) is 0 Å². The molecular weight excluding hydrogens is 270 g/mol. The lowest BCUT2D eigenvalue weighted by atomic mass is 10.1. The van der Waals surface area contributed by atoms with Crippen molar-refractivity contribution in [3.05, 3.63) is 45.2 Å². The molecule has 0 aliphatic rings. The maximum Gasteiger partial charge on any atom is 0.289 e. The molecule has 1 heterocycles. The lowest BCUT2D eigenvalue weighted by molar-refractivity contribution is 0.715. The summed E-state index contributed by atoms with van der Waals surface area (Å²) >= 11 is 3.43. The standard InChI is InChI=1S/C11H10BrN3O/c1-15-11(16)9(13)6-10(14-15)7-4-2-3-5-8(7)12/h2-6H,13H2,1H3. The summed E-state index contributed by atoms with van der Waals surface area (Å²) in [4.78, 5) is 11.4. The fourth-order valence-electron chi connectivity index (χ4n) is 1.43. The molecule has 0 amide bonds. The predicted molar refractivity (Wildman–Crippen MR) is 67.0 cm³/mol. The molecule has 2 rings (SSSR count). The monoisotopic (exact) mass is 279 g/mol. The average molecular weight is 280 g/mol. The second-order valence-corrected chi connectivity index (χ2v) is 4.25. The van der Waals surface area contributed by atoms with Gasteiger partial charge in [-0.3, -0.25) is 4.79 Å². The van der Waals surface area contributed by atoms with Crippen LogP contribution < -0.4 is 11.3 Å². The number of hydrogen-bond donors (Lipinski definition) is 1. The molecule has 4 nitrogen and oxygen atoms in total. The zero-order valence-corrected chi connectivity index (χ0v) is 10.2. The first-order valence-electron chi connectivity index (χ1n) is 4.68. The normalized spacial score (nSPS) is 10.4. The topological polar surface area (TPSA) is 60.9 Å². The third kappa shape index (κ3) is 1.86. The molecule has 0 saturated carbocycles. The van der Waals surface area contributed by atoms with Gasteiger partial charge in [0.15, 0.2) is 0 Å². The number of rotatable bonds is 1. The zero-order valence-electron chi connectivity index (χ0n) is 8.64. The Labute approximate surface area is 101 Å². The van der Waals surface area contributed by atoms with Crippen molar-refractivity contribution in [2.24, 2.45) is 7.05 Å². The van der Waals surface area contributed by atoms with Crippen LogP contribution in [0.1, 0.15) is 0 Å². The van der Waals surface area contributed by atoms with Crippen LogP contribution in [0.4, 0.5) is 5.69 Å². The minimum atomic E-state index is -0.282. The third-order valence-electron chi connectivity index (χ3n) is 2.24. The first-order chi connectivity index (χ1) is 7.59. The van der Waals surface area contributed by atoms with E-state index in [2.05, 4.69) is 21.0 Å². The van der Waals surface area contributed by atoms with Crippen molar-refractivity contribution in [1.29, 1.82) is 0 Å². The van der Waals surface area contributed by atoms with Crippen LogP contribution in [0, 0.1) is 0 Å². The van der Waals surface area contributed by atoms with Crippen LogP contribution in [-0.2, 0) is 7.05 Å². The van der Waals surface area contributed by atoms with Gasteiger partial charge in [0.1, 0.15) is 5.69 Å². The fraction of sp³-hybridized carbons (Fsp3) is 0.0909. The van der Waals surface area contributed by atoms with Crippen LogP contribution in [0.15, 0.2) is 39.6 Å². The van der Waals surface area contributed by atoms with Gasteiger partial charge in [-0.15, -0.1) is 0 Å².